The summed E-state index contributed by atoms with van der Waals surface area (Å²) in [6.07, 6.45) is 5.42. The number of allylic oxidation sites excluding steroid dienone is 2. The second kappa shape index (κ2) is 5.26. The monoisotopic (exact) mass is 309 g/mol. The molecule has 0 saturated carbocycles. The van der Waals surface area contributed by atoms with Gasteiger partial charge in [-0.1, -0.05) is 37.6 Å². The molecule has 2 N–H and O–H groups in total. The van der Waals surface area contributed by atoms with Crippen LogP contribution in [0.15, 0.2) is 18.5 Å². The summed E-state index contributed by atoms with van der Waals surface area (Å²) in [4.78, 5) is 12.2. The Morgan fingerprint density at radius 2 is 2.14 bits per heavy atom. The Balaban J connectivity index is 2.09. The summed E-state index contributed by atoms with van der Waals surface area (Å²) in [5, 5.41) is 0.186. The minimum atomic E-state index is -1.01. The normalized spacial score (nSPS) is 29.1. The molecule has 0 aromatic carbocycles. The Labute approximate surface area is 127 Å². The second-order valence-corrected chi connectivity index (χ2v) is 5.81. The van der Waals surface area contributed by atoms with Crippen LogP contribution in [0.25, 0.3) is 11.2 Å². The molecule has 112 valence electrons. The lowest BCUT2D eigenvalue weighted by molar-refractivity contribution is 0.144. The first-order valence-electron chi connectivity index (χ1n) is 7.00. The third kappa shape index (κ3) is 2.27. The van der Waals surface area contributed by atoms with Gasteiger partial charge in [-0.2, -0.15) is 9.97 Å². The molecule has 7 heteroatoms. The summed E-state index contributed by atoms with van der Waals surface area (Å²) in [5.74, 6) is 0.260. The molecule has 21 heavy (non-hydrogen) atoms. The van der Waals surface area contributed by atoms with Crippen LogP contribution in [0, 0.1) is 11.8 Å². The Morgan fingerprint density at radius 3 is 2.86 bits per heavy atom. The van der Waals surface area contributed by atoms with Crippen LogP contribution in [0.5, 0.6) is 0 Å². The highest BCUT2D eigenvalue weighted by Crippen LogP contribution is 2.37. The molecular weight excluding hydrogens is 293 g/mol. The minimum Gasteiger partial charge on any atom is -0.368 e. The SMILES string of the molecule is CC[C@H]1C=C[C@@H](n2cnc3c(Cl)nc(N)nc32)[C@H](F)[C@@H]1C. The van der Waals surface area contributed by atoms with E-state index in [0.29, 0.717) is 11.2 Å². The number of nitrogen functional groups attached to an aromatic ring is 1. The molecule has 1 aliphatic rings. The van der Waals surface area contributed by atoms with Crippen LogP contribution in [0.2, 0.25) is 5.15 Å². The third-order valence-corrected chi connectivity index (χ3v) is 4.51. The first-order chi connectivity index (χ1) is 10.0. The van der Waals surface area contributed by atoms with E-state index in [1.807, 2.05) is 13.0 Å². The van der Waals surface area contributed by atoms with Crippen LogP contribution in [-0.2, 0) is 0 Å². The van der Waals surface area contributed by atoms with E-state index in [1.165, 1.54) is 0 Å². The van der Waals surface area contributed by atoms with Gasteiger partial charge in [0, 0.05) is 0 Å². The van der Waals surface area contributed by atoms with Crippen molar-refractivity contribution < 1.29 is 4.39 Å². The predicted molar refractivity (Wildman–Crippen MR) is 80.8 cm³/mol. The maximum absolute atomic E-state index is 14.8. The molecule has 5 nitrogen and oxygen atoms in total. The van der Waals surface area contributed by atoms with E-state index in [-0.39, 0.29) is 22.9 Å². The van der Waals surface area contributed by atoms with Crippen molar-refractivity contribution in [2.75, 3.05) is 5.73 Å². The molecule has 0 unspecified atom stereocenters. The third-order valence-electron chi connectivity index (χ3n) is 4.25. The van der Waals surface area contributed by atoms with Gasteiger partial charge in [-0.3, -0.25) is 0 Å². The molecule has 0 fully saturated rings. The van der Waals surface area contributed by atoms with Gasteiger partial charge in [0.2, 0.25) is 5.95 Å². The van der Waals surface area contributed by atoms with Crippen molar-refractivity contribution in [1.29, 1.82) is 0 Å². The molecule has 2 aromatic heterocycles. The van der Waals surface area contributed by atoms with E-state index >= 15 is 0 Å². The fraction of sp³-hybridized carbons (Fsp3) is 0.500. The Bertz CT molecular complexity index is 698. The number of fused-ring (bicyclic) bond motifs is 1. The highest BCUT2D eigenvalue weighted by molar-refractivity contribution is 6.33. The van der Waals surface area contributed by atoms with Crippen LogP contribution < -0.4 is 5.73 Å². The molecule has 0 aliphatic heterocycles. The smallest absolute Gasteiger partial charge is 0.223 e. The number of rotatable bonds is 2. The molecule has 2 aromatic rings. The first kappa shape index (κ1) is 14.3. The van der Waals surface area contributed by atoms with E-state index < -0.39 is 12.2 Å². The molecule has 0 saturated heterocycles. The summed E-state index contributed by atoms with van der Waals surface area (Å²) in [5.41, 5.74) is 6.53. The number of halogens is 2. The maximum atomic E-state index is 14.8. The van der Waals surface area contributed by atoms with Crippen LogP contribution in [0.3, 0.4) is 0 Å². The molecule has 1 aliphatic carbocycles. The van der Waals surface area contributed by atoms with Crippen LogP contribution in [0.4, 0.5) is 10.3 Å². The number of nitrogens with zero attached hydrogens (tertiary/aromatic N) is 4. The zero-order valence-corrected chi connectivity index (χ0v) is 12.6. The fourth-order valence-corrected chi connectivity index (χ4v) is 3.18. The van der Waals surface area contributed by atoms with Crippen LogP contribution >= 0.6 is 11.6 Å². The predicted octanol–water partition coefficient (Wildman–Crippen LogP) is 3.17. The number of aromatic nitrogens is 4. The lowest BCUT2D eigenvalue weighted by Gasteiger charge is -2.33. The lowest BCUT2D eigenvalue weighted by atomic mass is 9.80. The fourth-order valence-electron chi connectivity index (χ4n) is 2.96. The van der Waals surface area contributed by atoms with Crippen molar-refractivity contribution in [3.05, 3.63) is 23.6 Å². The lowest BCUT2D eigenvalue weighted by Crippen LogP contribution is -2.32. The zero-order valence-electron chi connectivity index (χ0n) is 11.9. The van der Waals surface area contributed by atoms with E-state index in [2.05, 4.69) is 28.0 Å². The summed E-state index contributed by atoms with van der Waals surface area (Å²) >= 11 is 6.01. The van der Waals surface area contributed by atoms with Gasteiger partial charge in [0.25, 0.3) is 0 Å². The van der Waals surface area contributed by atoms with Crippen molar-refractivity contribution in [3.8, 4) is 0 Å². The van der Waals surface area contributed by atoms with Gasteiger partial charge in [-0.25, -0.2) is 9.37 Å². The van der Waals surface area contributed by atoms with Crippen LogP contribution in [0.1, 0.15) is 26.3 Å². The van der Waals surface area contributed by atoms with Gasteiger partial charge in [-0.15, -0.1) is 0 Å². The Hall–Kier alpha value is -1.69. The van der Waals surface area contributed by atoms with Gasteiger partial charge in [0.1, 0.15) is 11.7 Å². The maximum Gasteiger partial charge on any atom is 0.223 e. The average molecular weight is 310 g/mol. The number of anilines is 1. The summed E-state index contributed by atoms with van der Waals surface area (Å²) < 4.78 is 16.4. The molecule has 4 atom stereocenters. The van der Waals surface area contributed by atoms with Gasteiger partial charge in [0.05, 0.1) is 12.4 Å². The topological polar surface area (TPSA) is 69.6 Å². The molecular formula is C14H17ClFN5. The average Bonchev–Trinajstić information content (AvgIpc) is 2.86. The molecule has 2 heterocycles. The van der Waals surface area contributed by atoms with Crippen molar-refractivity contribution in [2.24, 2.45) is 11.8 Å². The minimum absolute atomic E-state index is 0.0582. The standard InChI is InChI=1S/C14H17ClFN5/c1-3-8-4-5-9(10(16)7(8)2)21-6-18-11-12(15)19-14(17)20-13(11)21/h4-10H,3H2,1-2H3,(H2,17,19,20)/t7-,8+,9-,10-/m1/s1. The molecule has 0 amide bonds. The highest BCUT2D eigenvalue weighted by atomic mass is 35.5. The van der Waals surface area contributed by atoms with E-state index in [1.54, 1.807) is 10.9 Å². The number of imidazole rings is 1. The highest BCUT2D eigenvalue weighted by Gasteiger charge is 2.34. The quantitative estimate of drug-likeness (QED) is 0.683. The molecule has 3 rings (SSSR count). The molecule has 0 radical (unpaired) electrons. The van der Waals surface area contributed by atoms with E-state index in [0.717, 1.165) is 6.42 Å². The number of nitrogens with two attached hydrogens (primary N) is 1. The van der Waals surface area contributed by atoms with Gasteiger partial charge in [-0.05, 0) is 18.3 Å². The largest absolute Gasteiger partial charge is 0.368 e. The summed E-state index contributed by atoms with van der Waals surface area (Å²) in [6, 6.07) is -0.446. The second-order valence-electron chi connectivity index (χ2n) is 5.45. The van der Waals surface area contributed by atoms with Crippen molar-refractivity contribution in [1.82, 2.24) is 19.5 Å². The Morgan fingerprint density at radius 1 is 1.38 bits per heavy atom. The van der Waals surface area contributed by atoms with E-state index in [9.17, 15) is 4.39 Å². The Kier molecular flexibility index (Phi) is 3.57. The van der Waals surface area contributed by atoms with Gasteiger partial charge in [0.15, 0.2) is 10.8 Å². The number of hydrogen-bond acceptors (Lipinski definition) is 4. The van der Waals surface area contributed by atoms with Gasteiger partial charge < -0.3 is 10.3 Å². The molecule has 0 spiro atoms. The number of hydrogen-bond donors (Lipinski definition) is 1. The summed E-state index contributed by atoms with van der Waals surface area (Å²) in [6.45, 7) is 4.00. The van der Waals surface area contributed by atoms with E-state index in [4.69, 9.17) is 17.3 Å². The number of alkyl halides is 1. The van der Waals surface area contributed by atoms with Gasteiger partial charge >= 0.3 is 0 Å². The van der Waals surface area contributed by atoms with Crippen molar-refractivity contribution in [3.63, 3.8) is 0 Å². The first-order valence-corrected chi connectivity index (χ1v) is 7.38. The molecule has 0 bridgehead atoms. The van der Waals surface area contributed by atoms with Crippen molar-refractivity contribution >= 4 is 28.7 Å². The van der Waals surface area contributed by atoms with Crippen molar-refractivity contribution in [2.45, 2.75) is 32.5 Å². The van der Waals surface area contributed by atoms with Crippen LogP contribution in [-0.4, -0.2) is 25.7 Å². The summed E-state index contributed by atoms with van der Waals surface area (Å²) in [7, 11) is 0. The zero-order chi connectivity index (χ0) is 15.1.